The first kappa shape index (κ1) is 18.0. The van der Waals surface area contributed by atoms with Crippen molar-refractivity contribution in [3.8, 4) is 11.5 Å². The molecule has 0 spiro atoms. The number of nitrogens with zero attached hydrogens (tertiary/aromatic N) is 6. The summed E-state index contributed by atoms with van der Waals surface area (Å²) < 4.78 is 22.5. The van der Waals surface area contributed by atoms with Gasteiger partial charge in [-0.2, -0.15) is 0 Å². The van der Waals surface area contributed by atoms with Gasteiger partial charge in [-0.05, 0) is 48.0 Å². The minimum atomic E-state index is -0.289. The van der Waals surface area contributed by atoms with Gasteiger partial charge in [0.15, 0.2) is 0 Å². The largest absolute Gasteiger partial charge is 0.457 e. The maximum atomic E-state index is 13.0. The first-order chi connectivity index (χ1) is 14.7. The SMILES string of the molecule is Fc1ccc(Oc2ccc(Cn3cc(Cn4ccc5cncnc54)nn3)cc2)cc1. The number of ether oxygens (including phenoxy) is 1. The standard InChI is InChI=1S/C22H17FN6O/c23-18-3-7-21(8-4-18)30-20-5-1-16(2-6-20)12-29-14-19(26-27-29)13-28-10-9-17-11-24-15-25-22(17)28/h1-11,14-15H,12-13H2. The van der Waals surface area contributed by atoms with Crippen LogP contribution in [0.25, 0.3) is 11.0 Å². The molecule has 0 amide bonds. The maximum absolute atomic E-state index is 13.0. The zero-order chi connectivity index (χ0) is 20.3. The molecule has 5 rings (SSSR count). The van der Waals surface area contributed by atoms with Gasteiger partial charge >= 0.3 is 0 Å². The molecular weight excluding hydrogens is 383 g/mol. The third kappa shape index (κ3) is 3.88. The van der Waals surface area contributed by atoms with Gasteiger partial charge in [0.25, 0.3) is 0 Å². The molecule has 0 aliphatic carbocycles. The van der Waals surface area contributed by atoms with Gasteiger partial charge in [-0.25, -0.2) is 19.0 Å². The number of hydrogen-bond donors (Lipinski definition) is 0. The van der Waals surface area contributed by atoms with E-state index in [2.05, 4.69) is 20.3 Å². The first-order valence-corrected chi connectivity index (χ1v) is 9.39. The first-order valence-electron chi connectivity index (χ1n) is 9.39. The third-order valence-corrected chi connectivity index (χ3v) is 4.66. The van der Waals surface area contributed by atoms with Crippen molar-refractivity contribution in [2.45, 2.75) is 13.1 Å². The summed E-state index contributed by atoms with van der Waals surface area (Å²) in [5.74, 6) is 0.988. The molecule has 0 N–H and O–H groups in total. The summed E-state index contributed by atoms with van der Waals surface area (Å²) in [4.78, 5) is 8.36. The van der Waals surface area contributed by atoms with Crippen LogP contribution < -0.4 is 4.74 Å². The number of benzene rings is 2. The molecule has 0 radical (unpaired) electrons. The van der Waals surface area contributed by atoms with Crippen molar-refractivity contribution in [2.75, 3.05) is 0 Å². The van der Waals surface area contributed by atoms with E-state index in [9.17, 15) is 4.39 Å². The highest BCUT2D eigenvalue weighted by Gasteiger charge is 2.07. The van der Waals surface area contributed by atoms with Gasteiger partial charge < -0.3 is 9.30 Å². The molecule has 0 aliphatic heterocycles. The molecule has 8 heteroatoms. The van der Waals surface area contributed by atoms with E-state index in [1.165, 1.54) is 12.1 Å². The van der Waals surface area contributed by atoms with E-state index in [0.717, 1.165) is 22.3 Å². The summed E-state index contributed by atoms with van der Waals surface area (Å²) in [5.41, 5.74) is 2.79. The van der Waals surface area contributed by atoms with E-state index in [1.807, 2.05) is 47.3 Å². The quantitative estimate of drug-likeness (QED) is 0.430. The van der Waals surface area contributed by atoms with Crippen molar-refractivity contribution in [2.24, 2.45) is 0 Å². The van der Waals surface area contributed by atoms with Crippen LogP contribution in [0.5, 0.6) is 11.5 Å². The predicted octanol–water partition coefficient (Wildman–Crippen LogP) is 4.05. The van der Waals surface area contributed by atoms with Crippen molar-refractivity contribution >= 4 is 11.0 Å². The second-order valence-corrected chi connectivity index (χ2v) is 6.85. The number of aromatic nitrogens is 6. The highest BCUT2D eigenvalue weighted by atomic mass is 19.1. The van der Waals surface area contributed by atoms with E-state index in [4.69, 9.17) is 4.74 Å². The Bertz CT molecular complexity index is 1280. The van der Waals surface area contributed by atoms with Crippen LogP contribution >= 0.6 is 0 Å². The Morgan fingerprint density at radius 2 is 1.67 bits per heavy atom. The molecule has 0 unspecified atom stereocenters. The zero-order valence-corrected chi connectivity index (χ0v) is 15.9. The molecule has 2 aromatic carbocycles. The average Bonchev–Trinajstić information content (AvgIpc) is 3.39. The summed E-state index contributed by atoms with van der Waals surface area (Å²) in [7, 11) is 0. The summed E-state index contributed by atoms with van der Waals surface area (Å²) in [6.45, 7) is 1.18. The Morgan fingerprint density at radius 1 is 0.900 bits per heavy atom. The molecular formula is C22H17FN6O. The number of halogens is 1. The highest BCUT2D eigenvalue weighted by Crippen LogP contribution is 2.22. The smallest absolute Gasteiger partial charge is 0.143 e. The van der Waals surface area contributed by atoms with Crippen molar-refractivity contribution in [1.29, 1.82) is 0 Å². The van der Waals surface area contributed by atoms with E-state index < -0.39 is 0 Å². The van der Waals surface area contributed by atoms with Gasteiger partial charge in [-0.3, -0.25) is 0 Å². The normalized spacial score (nSPS) is 11.1. The Labute approximate surface area is 171 Å². The second-order valence-electron chi connectivity index (χ2n) is 6.85. The Kier molecular flexibility index (Phi) is 4.65. The summed E-state index contributed by atoms with van der Waals surface area (Å²) >= 11 is 0. The molecule has 0 fully saturated rings. The molecule has 0 saturated heterocycles. The molecule has 0 saturated carbocycles. The lowest BCUT2D eigenvalue weighted by molar-refractivity contribution is 0.480. The minimum absolute atomic E-state index is 0.289. The predicted molar refractivity (Wildman–Crippen MR) is 109 cm³/mol. The average molecular weight is 400 g/mol. The van der Waals surface area contributed by atoms with Crippen LogP contribution in [0.2, 0.25) is 0 Å². The van der Waals surface area contributed by atoms with Crippen LogP contribution in [0.3, 0.4) is 0 Å². The Balaban J connectivity index is 1.24. The lowest BCUT2D eigenvalue weighted by Crippen LogP contribution is -2.01. The van der Waals surface area contributed by atoms with Crippen LogP contribution in [-0.2, 0) is 13.1 Å². The Hall–Kier alpha value is -4.07. The van der Waals surface area contributed by atoms with Gasteiger partial charge in [0.1, 0.15) is 35.0 Å². The fourth-order valence-electron chi connectivity index (χ4n) is 3.21. The highest BCUT2D eigenvalue weighted by molar-refractivity contribution is 5.74. The maximum Gasteiger partial charge on any atom is 0.143 e. The van der Waals surface area contributed by atoms with Gasteiger partial charge in [-0.1, -0.05) is 17.3 Å². The molecule has 0 atom stereocenters. The van der Waals surface area contributed by atoms with Crippen molar-refractivity contribution in [3.05, 3.63) is 96.6 Å². The lowest BCUT2D eigenvalue weighted by Gasteiger charge is -2.07. The van der Waals surface area contributed by atoms with Gasteiger partial charge in [0.05, 0.1) is 19.3 Å². The van der Waals surface area contributed by atoms with Crippen LogP contribution in [0, 0.1) is 5.82 Å². The number of rotatable bonds is 6. The molecule has 3 aromatic heterocycles. The fraction of sp³-hybridized carbons (Fsp3) is 0.0909. The van der Waals surface area contributed by atoms with Crippen molar-refractivity contribution in [1.82, 2.24) is 29.5 Å². The van der Waals surface area contributed by atoms with Crippen molar-refractivity contribution in [3.63, 3.8) is 0 Å². The molecule has 0 aliphatic rings. The van der Waals surface area contributed by atoms with E-state index in [1.54, 1.807) is 29.3 Å². The monoisotopic (exact) mass is 400 g/mol. The molecule has 30 heavy (non-hydrogen) atoms. The molecule has 3 heterocycles. The topological polar surface area (TPSA) is 70.7 Å². The van der Waals surface area contributed by atoms with Gasteiger partial charge in [-0.15, -0.1) is 5.10 Å². The third-order valence-electron chi connectivity index (χ3n) is 4.66. The molecule has 148 valence electrons. The van der Waals surface area contributed by atoms with Crippen LogP contribution in [0.4, 0.5) is 4.39 Å². The minimum Gasteiger partial charge on any atom is -0.457 e. The zero-order valence-electron chi connectivity index (χ0n) is 15.9. The summed E-state index contributed by atoms with van der Waals surface area (Å²) in [6.07, 6.45) is 7.23. The van der Waals surface area contributed by atoms with E-state index >= 15 is 0 Å². The number of hydrogen-bond acceptors (Lipinski definition) is 5. The molecule has 0 bridgehead atoms. The Morgan fingerprint density at radius 3 is 2.47 bits per heavy atom. The molecule has 5 aromatic rings. The van der Waals surface area contributed by atoms with Crippen LogP contribution in [0.15, 0.2) is 79.5 Å². The summed E-state index contributed by atoms with van der Waals surface area (Å²) in [6, 6.07) is 15.6. The molecule has 7 nitrogen and oxygen atoms in total. The van der Waals surface area contributed by atoms with Gasteiger partial charge in [0.2, 0.25) is 0 Å². The van der Waals surface area contributed by atoms with Gasteiger partial charge in [0, 0.05) is 17.8 Å². The second kappa shape index (κ2) is 7.75. The number of fused-ring (bicyclic) bond motifs is 1. The van der Waals surface area contributed by atoms with E-state index in [-0.39, 0.29) is 5.82 Å². The summed E-state index contributed by atoms with van der Waals surface area (Å²) in [5, 5.41) is 9.49. The van der Waals surface area contributed by atoms with Crippen LogP contribution in [0.1, 0.15) is 11.3 Å². The lowest BCUT2D eigenvalue weighted by atomic mass is 10.2. The van der Waals surface area contributed by atoms with Crippen molar-refractivity contribution < 1.29 is 9.13 Å². The van der Waals surface area contributed by atoms with E-state index in [0.29, 0.717) is 24.6 Å². The van der Waals surface area contributed by atoms with Crippen LogP contribution in [-0.4, -0.2) is 29.5 Å². The fourth-order valence-corrected chi connectivity index (χ4v) is 3.21.